The maximum atomic E-state index is 11.9. The van der Waals surface area contributed by atoms with Crippen LogP contribution in [0.5, 0.6) is 0 Å². The Kier molecular flexibility index (Phi) is 4.11. The number of hydrogen-bond acceptors (Lipinski definition) is 2. The lowest BCUT2D eigenvalue weighted by Crippen LogP contribution is -2.19. The summed E-state index contributed by atoms with van der Waals surface area (Å²) in [4.78, 5) is 15.9. The van der Waals surface area contributed by atoms with E-state index in [9.17, 15) is 4.79 Å². The molecule has 0 fully saturated rings. The topological polar surface area (TPSA) is 54.0 Å². The van der Waals surface area contributed by atoms with Crippen molar-refractivity contribution in [2.75, 3.05) is 10.6 Å². The fourth-order valence-corrected chi connectivity index (χ4v) is 2.09. The molecule has 22 heavy (non-hydrogen) atoms. The Bertz CT molecular complexity index is 740. The average molecular weight is 289 g/mol. The number of urea groups is 1. The second kappa shape index (κ2) is 6.54. The minimum absolute atomic E-state index is 0.314. The standard InChI is InChI=1S/C18H15N3O/c22-18(21-17-8-4-5-13-19-17)20-16-11-9-15(10-12-16)14-6-2-1-3-7-14/h1-13H,(H2,19,20,21,22). The van der Waals surface area contributed by atoms with E-state index < -0.39 is 0 Å². The van der Waals surface area contributed by atoms with Crippen LogP contribution in [0.4, 0.5) is 16.3 Å². The van der Waals surface area contributed by atoms with Crippen molar-refractivity contribution >= 4 is 17.5 Å². The van der Waals surface area contributed by atoms with Crippen molar-refractivity contribution < 1.29 is 4.79 Å². The van der Waals surface area contributed by atoms with Gasteiger partial charge in [-0.05, 0) is 35.4 Å². The third-order valence-corrected chi connectivity index (χ3v) is 3.16. The lowest BCUT2D eigenvalue weighted by Gasteiger charge is -2.08. The van der Waals surface area contributed by atoms with Crippen LogP contribution in [0.1, 0.15) is 0 Å². The molecule has 0 radical (unpaired) electrons. The van der Waals surface area contributed by atoms with Crippen molar-refractivity contribution in [3.8, 4) is 11.1 Å². The molecule has 2 aromatic carbocycles. The number of carbonyl (C=O) groups excluding carboxylic acids is 1. The average Bonchev–Trinajstić information content (AvgIpc) is 2.57. The molecule has 2 N–H and O–H groups in total. The van der Waals surface area contributed by atoms with Gasteiger partial charge in [0.25, 0.3) is 0 Å². The summed E-state index contributed by atoms with van der Waals surface area (Å²) in [7, 11) is 0. The quantitative estimate of drug-likeness (QED) is 0.751. The van der Waals surface area contributed by atoms with Gasteiger partial charge in [0.1, 0.15) is 5.82 Å². The first-order chi connectivity index (χ1) is 10.8. The maximum Gasteiger partial charge on any atom is 0.324 e. The number of rotatable bonds is 3. The first-order valence-electron chi connectivity index (χ1n) is 6.96. The molecule has 1 aromatic heterocycles. The van der Waals surface area contributed by atoms with Crippen LogP contribution in [-0.2, 0) is 0 Å². The SMILES string of the molecule is O=C(Nc1ccc(-c2ccccc2)cc1)Nc1ccccn1. The summed E-state index contributed by atoms with van der Waals surface area (Å²) in [5.74, 6) is 0.515. The molecule has 0 unspecified atom stereocenters. The molecule has 0 saturated heterocycles. The lowest BCUT2D eigenvalue weighted by molar-refractivity contribution is 0.262. The van der Waals surface area contributed by atoms with Crippen molar-refractivity contribution in [3.63, 3.8) is 0 Å². The molecule has 0 aliphatic heterocycles. The Hall–Kier alpha value is -3.14. The third-order valence-electron chi connectivity index (χ3n) is 3.16. The van der Waals surface area contributed by atoms with E-state index in [1.165, 1.54) is 0 Å². The lowest BCUT2D eigenvalue weighted by atomic mass is 10.1. The third kappa shape index (κ3) is 3.49. The summed E-state index contributed by atoms with van der Waals surface area (Å²) < 4.78 is 0. The van der Waals surface area contributed by atoms with Gasteiger partial charge in [0, 0.05) is 11.9 Å². The first-order valence-corrected chi connectivity index (χ1v) is 6.96. The maximum absolute atomic E-state index is 11.9. The van der Waals surface area contributed by atoms with E-state index in [0.29, 0.717) is 5.82 Å². The molecule has 0 atom stereocenters. The minimum Gasteiger partial charge on any atom is -0.308 e. The van der Waals surface area contributed by atoms with Crippen molar-refractivity contribution in [2.24, 2.45) is 0 Å². The summed E-state index contributed by atoms with van der Waals surface area (Å²) in [5, 5.41) is 5.45. The van der Waals surface area contributed by atoms with E-state index in [1.54, 1.807) is 18.3 Å². The Morgan fingerprint density at radius 1 is 0.727 bits per heavy atom. The number of pyridine rings is 1. The van der Waals surface area contributed by atoms with Crippen LogP contribution in [0.3, 0.4) is 0 Å². The fourth-order valence-electron chi connectivity index (χ4n) is 2.09. The zero-order valence-corrected chi connectivity index (χ0v) is 11.9. The van der Waals surface area contributed by atoms with Crippen LogP contribution in [0, 0.1) is 0 Å². The zero-order valence-electron chi connectivity index (χ0n) is 11.9. The van der Waals surface area contributed by atoms with Gasteiger partial charge in [-0.2, -0.15) is 0 Å². The highest BCUT2D eigenvalue weighted by Gasteiger charge is 2.03. The molecule has 3 aromatic rings. The zero-order chi connectivity index (χ0) is 15.2. The number of nitrogens with zero attached hydrogens (tertiary/aromatic N) is 1. The molecular formula is C18H15N3O. The van der Waals surface area contributed by atoms with Crippen LogP contribution >= 0.6 is 0 Å². The van der Waals surface area contributed by atoms with Crippen molar-refractivity contribution in [1.82, 2.24) is 4.98 Å². The van der Waals surface area contributed by atoms with Crippen LogP contribution in [0.15, 0.2) is 79.0 Å². The number of aromatic nitrogens is 1. The van der Waals surface area contributed by atoms with Gasteiger partial charge >= 0.3 is 6.03 Å². The number of hydrogen-bond donors (Lipinski definition) is 2. The number of nitrogens with one attached hydrogen (secondary N) is 2. The normalized spacial score (nSPS) is 10.0. The molecule has 3 rings (SSSR count). The highest BCUT2D eigenvalue weighted by Crippen LogP contribution is 2.21. The molecule has 0 spiro atoms. The molecule has 0 bridgehead atoms. The summed E-state index contributed by atoms with van der Waals surface area (Å²) in [6.45, 7) is 0. The fraction of sp³-hybridized carbons (Fsp3) is 0. The van der Waals surface area contributed by atoms with Crippen LogP contribution in [-0.4, -0.2) is 11.0 Å². The van der Waals surface area contributed by atoms with Gasteiger partial charge in [-0.25, -0.2) is 9.78 Å². The van der Waals surface area contributed by atoms with Crippen LogP contribution in [0.25, 0.3) is 11.1 Å². The van der Waals surface area contributed by atoms with Gasteiger partial charge in [-0.1, -0.05) is 48.5 Å². The predicted octanol–water partition coefficient (Wildman–Crippen LogP) is 4.39. The summed E-state index contributed by atoms with van der Waals surface area (Å²) in [6.07, 6.45) is 1.63. The molecule has 2 amide bonds. The van der Waals surface area contributed by atoms with Crippen molar-refractivity contribution in [2.45, 2.75) is 0 Å². The van der Waals surface area contributed by atoms with Gasteiger partial charge in [0.15, 0.2) is 0 Å². The molecule has 4 nitrogen and oxygen atoms in total. The van der Waals surface area contributed by atoms with Crippen molar-refractivity contribution in [1.29, 1.82) is 0 Å². The van der Waals surface area contributed by atoms with E-state index in [0.717, 1.165) is 16.8 Å². The van der Waals surface area contributed by atoms with E-state index in [4.69, 9.17) is 0 Å². The van der Waals surface area contributed by atoms with Crippen LogP contribution < -0.4 is 10.6 Å². The molecule has 0 aliphatic carbocycles. The summed E-state index contributed by atoms with van der Waals surface area (Å²) in [6, 6.07) is 22.8. The van der Waals surface area contributed by atoms with E-state index in [-0.39, 0.29) is 6.03 Å². The smallest absolute Gasteiger partial charge is 0.308 e. The number of amides is 2. The monoisotopic (exact) mass is 289 g/mol. The Labute approximate surface area is 128 Å². The molecule has 4 heteroatoms. The second-order valence-corrected chi connectivity index (χ2v) is 4.74. The Morgan fingerprint density at radius 3 is 2.09 bits per heavy atom. The molecule has 0 aliphatic rings. The Balaban J connectivity index is 1.65. The first kappa shape index (κ1) is 13.8. The van der Waals surface area contributed by atoms with E-state index in [2.05, 4.69) is 27.8 Å². The molecule has 108 valence electrons. The van der Waals surface area contributed by atoms with Gasteiger partial charge in [0.2, 0.25) is 0 Å². The van der Waals surface area contributed by atoms with Gasteiger partial charge in [0.05, 0.1) is 0 Å². The van der Waals surface area contributed by atoms with Crippen LogP contribution in [0.2, 0.25) is 0 Å². The molecular weight excluding hydrogens is 274 g/mol. The molecule has 1 heterocycles. The molecule has 0 saturated carbocycles. The number of carbonyl (C=O) groups is 1. The predicted molar refractivity (Wildman–Crippen MR) is 88.8 cm³/mol. The highest BCUT2D eigenvalue weighted by atomic mass is 16.2. The minimum atomic E-state index is -0.314. The summed E-state index contributed by atoms with van der Waals surface area (Å²) >= 11 is 0. The Morgan fingerprint density at radius 2 is 1.41 bits per heavy atom. The van der Waals surface area contributed by atoms with E-state index in [1.807, 2.05) is 48.5 Å². The largest absolute Gasteiger partial charge is 0.324 e. The highest BCUT2D eigenvalue weighted by molar-refractivity contribution is 5.99. The van der Waals surface area contributed by atoms with Gasteiger partial charge < -0.3 is 5.32 Å². The van der Waals surface area contributed by atoms with Gasteiger partial charge in [-0.3, -0.25) is 5.32 Å². The van der Waals surface area contributed by atoms with E-state index >= 15 is 0 Å². The number of benzene rings is 2. The summed E-state index contributed by atoms with van der Waals surface area (Å²) in [5.41, 5.74) is 2.98. The van der Waals surface area contributed by atoms with Gasteiger partial charge in [-0.15, -0.1) is 0 Å². The second-order valence-electron chi connectivity index (χ2n) is 4.74. The number of anilines is 2. The van der Waals surface area contributed by atoms with Crippen molar-refractivity contribution in [3.05, 3.63) is 79.0 Å².